The molecule has 2 rings (SSSR count). The number of rotatable bonds is 10. The Morgan fingerprint density at radius 3 is 2.20 bits per heavy atom. The lowest BCUT2D eigenvalue weighted by Gasteiger charge is -2.12. The summed E-state index contributed by atoms with van der Waals surface area (Å²) in [6, 6.07) is 7.39. The average molecular weight is 411 g/mol. The van der Waals surface area contributed by atoms with Gasteiger partial charge < -0.3 is 9.72 Å². The maximum Gasteiger partial charge on any atom is 0.306 e. The van der Waals surface area contributed by atoms with Gasteiger partial charge in [0.2, 0.25) is 5.78 Å². The molecule has 0 spiro atoms. The molecule has 0 aliphatic rings. The predicted octanol–water partition coefficient (Wildman–Crippen LogP) is 4.56. The molecule has 6 nitrogen and oxygen atoms in total. The molecule has 6 heteroatoms. The highest BCUT2D eigenvalue weighted by atomic mass is 16.5. The number of Topliss-reactive ketones (excluding diaryl/α,β-unsaturated/α-hetero) is 3. The maximum atomic E-state index is 12.6. The molecular formula is C24H29NO5. The summed E-state index contributed by atoms with van der Waals surface area (Å²) in [6.45, 7) is 8.42. The van der Waals surface area contributed by atoms with Crippen LogP contribution >= 0.6 is 0 Å². The largest absolute Gasteiger partial charge is 0.454 e. The van der Waals surface area contributed by atoms with Gasteiger partial charge in [-0.3, -0.25) is 19.2 Å². The first-order valence-corrected chi connectivity index (χ1v) is 10.2. The third-order valence-corrected chi connectivity index (χ3v) is 5.08. The Balaban J connectivity index is 1.93. The van der Waals surface area contributed by atoms with E-state index in [1.165, 1.54) is 19.4 Å². The van der Waals surface area contributed by atoms with Crippen LogP contribution in [0.4, 0.5) is 0 Å². The standard InChI is InChI=1S/C24H29NO5/c1-6-7-18-8-10-19(11-9-18)20(27)12-13-21(28)30-17(5)24(29)23-14(2)22(16(4)26)15(3)25-23/h8-11,17,25H,6-7,12-13H2,1-5H3/t17-/m0/s1. The molecule has 0 amide bonds. The summed E-state index contributed by atoms with van der Waals surface area (Å²) >= 11 is 0. The van der Waals surface area contributed by atoms with E-state index in [1.807, 2.05) is 12.1 Å². The van der Waals surface area contributed by atoms with E-state index in [9.17, 15) is 19.2 Å². The number of carbonyl (C=O) groups excluding carboxylic acids is 4. The number of nitrogens with one attached hydrogen (secondary N) is 1. The van der Waals surface area contributed by atoms with Crippen molar-refractivity contribution in [3.8, 4) is 0 Å². The van der Waals surface area contributed by atoms with E-state index in [0.29, 0.717) is 22.4 Å². The molecule has 0 saturated carbocycles. The van der Waals surface area contributed by atoms with Crippen LogP contribution in [0.5, 0.6) is 0 Å². The zero-order chi connectivity index (χ0) is 22.4. The molecule has 0 fully saturated rings. The minimum Gasteiger partial charge on any atom is -0.454 e. The number of esters is 1. The van der Waals surface area contributed by atoms with Crippen LogP contribution in [0.2, 0.25) is 0 Å². The fourth-order valence-corrected chi connectivity index (χ4v) is 3.54. The van der Waals surface area contributed by atoms with Gasteiger partial charge in [0.1, 0.15) is 0 Å². The van der Waals surface area contributed by atoms with E-state index < -0.39 is 17.9 Å². The van der Waals surface area contributed by atoms with Crippen molar-refractivity contribution in [1.82, 2.24) is 4.98 Å². The SMILES string of the molecule is CCCc1ccc(C(=O)CCC(=O)O[C@@H](C)C(=O)c2[nH]c(C)c(C(C)=O)c2C)cc1. The van der Waals surface area contributed by atoms with E-state index in [1.54, 1.807) is 26.0 Å². The summed E-state index contributed by atoms with van der Waals surface area (Å²) < 4.78 is 5.22. The molecule has 1 aromatic carbocycles. The van der Waals surface area contributed by atoms with Crippen LogP contribution in [0.3, 0.4) is 0 Å². The number of aromatic nitrogens is 1. The molecular weight excluding hydrogens is 382 g/mol. The number of hydrogen-bond acceptors (Lipinski definition) is 5. The van der Waals surface area contributed by atoms with E-state index in [-0.39, 0.29) is 30.1 Å². The Morgan fingerprint density at radius 1 is 1.03 bits per heavy atom. The van der Waals surface area contributed by atoms with Crippen LogP contribution in [0.15, 0.2) is 24.3 Å². The second-order valence-corrected chi connectivity index (χ2v) is 7.55. The van der Waals surface area contributed by atoms with Crippen LogP contribution in [0.1, 0.15) is 88.1 Å². The van der Waals surface area contributed by atoms with Crippen molar-refractivity contribution < 1.29 is 23.9 Å². The monoisotopic (exact) mass is 411 g/mol. The van der Waals surface area contributed by atoms with Crippen molar-refractivity contribution in [3.05, 3.63) is 57.9 Å². The van der Waals surface area contributed by atoms with Crippen LogP contribution < -0.4 is 0 Å². The van der Waals surface area contributed by atoms with Crippen molar-refractivity contribution in [2.75, 3.05) is 0 Å². The highest BCUT2D eigenvalue weighted by molar-refractivity contribution is 6.05. The third kappa shape index (κ3) is 5.53. The number of benzene rings is 1. The quantitative estimate of drug-likeness (QED) is 0.457. The summed E-state index contributed by atoms with van der Waals surface area (Å²) in [5, 5.41) is 0. The summed E-state index contributed by atoms with van der Waals surface area (Å²) in [5.74, 6) is -1.30. The fourth-order valence-electron chi connectivity index (χ4n) is 3.54. The Bertz CT molecular complexity index is 953. The molecule has 0 aliphatic heterocycles. The van der Waals surface area contributed by atoms with Gasteiger partial charge in [0.05, 0.1) is 12.1 Å². The second kappa shape index (κ2) is 10.1. The average Bonchev–Trinajstić information content (AvgIpc) is 3.00. The lowest BCUT2D eigenvalue weighted by molar-refractivity contribution is -0.146. The lowest BCUT2D eigenvalue weighted by Crippen LogP contribution is -2.25. The van der Waals surface area contributed by atoms with Crippen LogP contribution in [-0.2, 0) is 16.0 Å². The molecule has 30 heavy (non-hydrogen) atoms. The number of hydrogen-bond donors (Lipinski definition) is 1. The Morgan fingerprint density at radius 2 is 1.67 bits per heavy atom. The van der Waals surface area contributed by atoms with Gasteiger partial charge in [-0.25, -0.2) is 0 Å². The molecule has 0 radical (unpaired) electrons. The number of ether oxygens (including phenoxy) is 1. The molecule has 0 aliphatic carbocycles. The van der Waals surface area contributed by atoms with Gasteiger partial charge in [-0.05, 0) is 45.2 Å². The van der Waals surface area contributed by atoms with Crippen molar-refractivity contribution in [3.63, 3.8) is 0 Å². The van der Waals surface area contributed by atoms with Gasteiger partial charge in [0, 0.05) is 23.2 Å². The Labute approximate surface area is 177 Å². The summed E-state index contributed by atoms with van der Waals surface area (Å²) in [4.78, 5) is 51.7. The zero-order valence-electron chi connectivity index (χ0n) is 18.3. The minimum absolute atomic E-state index is 0.0159. The van der Waals surface area contributed by atoms with Crippen LogP contribution in [-0.4, -0.2) is 34.4 Å². The molecule has 1 aromatic heterocycles. The normalized spacial score (nSPS) is 11.8. The van der Waals surface area contributed by atoms with Crippen LogP contribution in [0.25, 0.3) is 0 Å². The summed E-state index contributed by atoms with van der Waals surface area (Å²) in [5.41, 5.74) is 3.63. The number of carbonyl (C=O) groups is 4. The smallest absolute Gasteiger partial charge is 0.306 e. The van der Waals surface area contributed by atoms with Gasteiger partial charge in [0.15, 0.2) is 17.7 Å². The van der Waals surface area contributed by atoms with Crippen molar-refractivity contribution >= 4 is 23.3 Å². The summed E-state index contributed by atoms with van der Waals surface area (Å²) in [7, 11) is 0. The van der Waals surface area contributed by atoms with Gasteiger partial charge in [0.25, 0.3) is 0 Å². The number of ketones is 3. The van der Waals surface area contributed by atoms with Crippen LogP contribution in [0, 0.1) is 13.8 Å². The highest BCUT2D eigenvalue weighted by Crippen LogP contribution is 2.20. The summed E-state index contributed by atoms with van der Waals surface area (Å²) in [6.07, 6.45) is 0.891. The number of aryl methyl sites for hydroxylation is 2. The van der Waals surface area contributed by atoms with E-state index in [4.69, 9.17) is 4.74 Å². The van der Waals surface area contributed by atoms with Gasteiger partial charge in [-0.15, -0.1) is 0 Å². The molecule has 0 unspecified atom stereocenters. The fraction of sp³-hybridized carbons (Fsp3) is 0.417. The van der Waals surface area contributed by atoms with Crippen molar-refractivity contribution in [2.24, 2.45) is 0 Å². The Kier molecular flexibility index (Phi) is 7.86. The van der Waals surface area contributed by atoms with E-state index in [2.05, 4.69) is 11.9 Å². The first-order chi connectivity index (χ1) is 14.1. The lowest BCUT2D eigenvalue weighted by atomic mass is 10.0. The minimum atomic E-state index is -1.02. The first kappa shape index (κ1) is 23.3. The number of aromatic amines is 1. The Hall–Kier alpha value is -3.02. The first-order valence-electron chi connectivity index (χ1n) is 10.2. The predicted molar refractivity (Wildman–Crippen MR) is 114 cm³/mol. The van der Waals surface area contributed by atoms with Gasteiger partial charge in [-0.2, -0.15) is 0 Å². The molecule has 0 bridgehead atoms. The molecule has 1 N–H and O–H groups in total. The second-order valence-electron chi connectivity index (χ2n) is 7.55. The topological polar surface area (TPSA) is 93.3 Å². The highest BCUT2D eigenvalue weighted by Gasteiger charge is 2.26. The zero-order valence-corrected chi connectivity index (χ0v) is 18.3. The van der Waals surface area contributed by atoms with Crippen molar-refractivity contribution in [2.45, 2.75) is 66.4 Å². The third-order valence-electron chi connectivity index (χ3n) is 5.08. The van der Waals surface area contributed by atoms with Gasteiger partial charge in [-0.1, -0.05) is 37.6 Å². The van der Waals surface area contributed by atoms with Crippen molar-refractivity contribution in [1.29, 1.82) is 0 Å². The molecule has 0 saturated heterocycles. The maximum absolute atomic E-state index is 12.6. The molecule has 2 aromatic rings. The molecule has 1 atom stereocenters. The van der Waals surface area contributed by atoms with E-state index >= 15 is 0 Å². The van der Waals surface area contributed by atoms with E-state index in [0.717, 1.165) is 12.8 Å². The van der Waals surface area contributed by atoms with Gasteiger partial charge >= 0.3 is 5.97 Å². The number of H-pyrrole nitrogens is 1. The molecule has 1 heterocycles. The molecule has 160 valence electrons.